The Morgan fingerprint density at radius 1 is 0.958 bits per heavy atom. The third kappa shape index (κ3) is 2.92. The van der Waals surface area contributed by atoms with E-state index >= 15 is 0 Å². The quantitative estimate of drug-likeness (QED) is 0.877. The second-order valence-corrected chi connectivity index (χ2v) is 6.58. The lowest BCUT2D eigenvalue weighted by Crippen LogP contribution is -2.35. The van der Waals surface area contributed by atoms with Crippen LogP contribution in [0.15, 0.2) is 36.4 Å². The fourth-order valence-corrected chi connectivity index (χ4v) is 3.31. The van der Waals surface area contributed by atoms with Gasteiger partial charge in [-0.1, -0.05) is 24.3 Å². The first-order valence-electron chi connectivity index (χ1n) is 8.14. The molecule has 1 unspecified atom stereocenters. The summed E-state index contributed by atoms with van der Waals surface area (Å²) in [6.45, 7) is 7.93. The molecule has 1 aliphatic rings. The van der Waals surface area contributed by atoms with E-state index in [2.05, 4.69) is 5.32 Å². The highest BCUT2D eigenvalue weighted by Gasteiger charge is 2.39. The van der Waals surface area contributed by atoms with Crippen LogP contribution in [0.4, 0.5) is 11.4 Å². The summed E-state index contributed by atoms with van der Waals surface area (Å²) in [4.78, 5) is 26.6. The van der Waals surface area contributed by atoms with Crippen LogP contribution in [0.1, 0.15) is 28.7 Å². The maximum absolute atomic E-state index is 12.8. The first kappa shape index (κ1) is 16.2. The lowest BCUT2D eigenvalue weighted by Gasteiger charge is -2.19. The maximum atomic E-state index is 12.8. The van der Waals surface area contributed by atoms with Crippen LogP contribution in [0, 0.1) is 27.7 Å². The van der Waals surface area contributed by atoms with Crippen molar-refractivity contribution in [2.45, 2.75) is 40.2 Å². The minimum atomic E-state index is -0.516. The molecule has 1 saturated heterocycles. The van der Waals surface area contributed by atoms with Gasteiger partial charge in [-0.2, -0.15) is 0 Å². The van der Waals surface area contributed by atoms with Gasteiger partial charge in [0.1, 0.15) is 6.04 Å². The van der Waals surface area contributed by atoms with Gasteiger partial charge in [-0.05, 0) is 62.1 Å². The molecule has 2 aromatic rings. The van der Waals surface area contributed by atoms with Gasteiger partial charge in [0.25, 0.3) is 5.91 Å². The number of nitrogens with one attached hydrogen (secondary N) is 1. The van der Waals surface area contributed by atoms with E-state index < -0.39 is 6.04 Å². The van der Waals surface area contributed by atoms with E-state index in [1.54, 1.807) is 0 Å². The fourth-order valence-electron chi connectivity index (χ4n) is 3.31. The smallest absolute Gasteiger partial charge is 0.256 e. The molecule has 0 bridgehead atoms. The molecule has 0 spiro atoms. The van der Waals surface area contributed by atoms with Gasteiger partial charge in [0.2, 0.25) is 5.91 Å². The number of hydrogen-bond acceptors (Lipinski definition) is 3. The van der Waals surface area contributed by atoms with Crippen molar-refractivity contribution >= 4 is 23.2 Å². The molecule has 0 aliphatic carbocycles. The Bertz CT molecular complexity index is 786. The van der Waals surface area contributed by atoms with Gasteiger partial charge >= 0.3 is 0 Å². The van der Waals surface area contributed by atoms with Crippen LogP contribution >= 0.6 is 0 Å². The number of para-hydroxylation sites is 1. The van der Waals surface area contributed by atoms with Crippen molar-refractivity contribution in [1.82, 2.24) is 0 Å². The second-order valence-electron chi connectivity index (χ2n) is 6.58. The van der Waals surface area contributed by atoms with Gasteiger partial charge < -0.3 is 5.32 Å². The van der Waals surface area contributed by atoms with Gasteiger partial charge in [-0.3, -0.25) is 9.59 Å². The summed E-state index contributed by atoms with van der Waals surface area (Å²) in [6, 6.07) is 11.3. The first-order chi connectivity index (χ1) is 11.4. The summed E-state index contributed by atoms with van der Waals surface area (Å²) >= 11 is 0. The van der Waals surface area contributed by atoms with Gasteiger partial charge in [0.15, 0.2) is 0 Å². The summed E-state index contributed by atoms with van der Waals surface area (Å²) in [6.07, 6.45) is 0.180. The summed E-state index contributed by atoms with van der Waals surface area (Å²) in [5.74, 6) is -0.346. The molecule has 0 saturated carbocycles. The van der Waals surface area contributed by atoms with E-state index in [1.807, 2.05) is 64.1 Å². The molecule has 1 atom stereocenters. The van der Waals surface area contributed by atoms with Crippen LogP contribution in [0.25, 0.3) is 0 Å². The van der Waals surface area contributed by atoms with E-state index in [-0.39, 0.29) is 18.2 Å². The van der Waals surface area contributed by atoms with Gasteiger partial charge in [-0.15, -0.1) is 0 Å². The van der Waals surface area contributed by atoms with E-state index in [4.69, 9.17) is 0 Å². The molecule has 1 heterocycles. The van der Waals surface area contributed by atoms with Gasteiger partial charge in [0, 0.05) is 5.69 Å². The molecule has 2 aromatic carbocycles. The maximum Gasteiger partial charge on any atom is 0.256 e. The van der Waals surface area contributed by atoms with Crippen molar-refractivity contribution in [3.05, 3.63) is 58.7 Å². The van der Waals surface area contributed by atoms with Gasteiger partial charge in [-0.25, -0.2) is 4.90 Å². The summed E-state index contributed by atoms with van der Waals surface area (Å²) in [5, 5.41) is 3.27. The molecule has 4 nitrogen and oxygen atoms in total. The number of amides is 2. The fraction of sp³-hybridized carbons (Fsp3) is 0.300. The van der Waals surface area contributed by atoms with Gasteiger partial charge in [0.05, 0.1) is 12.1 Å². The number of imide groups is 1. The Kier molecular flexibility index (Phi) is 4.14. The SMILES string of the molecule is Cc1cc(C)cc(N2C(=O)CC(Nc3c(C)cccc3C)C2=O)c1. The average Bonchev–Trinajstić information content (AvgIpc) is 2.76. The number of benzene rings is 2. The zero-order valence-corrected chi connectivity index (χ0v) is 14.5. The van der Waals surface area contributed by atoms with Crippen LogP contribution in [-0.4, -0.2) is 17.9 Å². The Morgan fingerprint density at radius 3 is 2.12 bits per heavy atom. The zero-order valence-electron chi connectivity index (χ0n) is 14.5. The van der Waals surface area contributed by atoms with Crippen molar-refractivity contribution in [1.29, 1.82) is 0 Å². The highest BCUT2D eigenvalue weighted by atomic mass is 16.2. The average molecular weight is 322 g/mol. The number of carbonyl (C=O) groups is 2. The molecule has 1 fully saturated rings. The Hall–Kier alpha value is -2.62. The Morgan fingerprint density at radius 2 is 1.54 bits per heavy atom. The van der Waals surface area contributed by atoms with Crippen molar-refractivity contribution < 1.29 is 9.59 Å². The van der Waals surface area contributed by atoms with Crippen molar-refractivity contribution in [2.75, 3.05) is 10.2 Å². The van der Waals surface area contributed by atoms with E-state index in [0.29, 0.717) is 5.69 Å². The molecule has 1 aliphatic heterocycles. The molecule has 0 radical (unpaired) electrons. The van der Waals surface area contributed by atoms with Crippen molar-refractivity contribution in [3.63, 3.8) is 0 Å². The monoisotopic (exact) mass is 322 g/mol. The lowest BCUT2D eigenvalue weighted by atomic mass is 10.1. The molecule has 3 rings (SSSR count). The van der Waals surface area contributed by atoms with E-state index in [1.165, 1.54) is 4.90 Å². The third-order valence-corrected chi connectivity index (χ3v) is 4.41. The van der Waals surface area contributed by atoms with Crippen LogP contribution < -0.4 is 10.2 Å². The summed E-state index contributed by atoms with van der Waals surface area (Å²) in [5.41, 5.74) is 5.81. The summed E-state index contributed by atoms with van der Waals surface area (Å²) < 4.78 is 0. The van der Waals surface area contributed by atoms with Crippen molar-refractivity contribution in [3.8, 4) is 0 Å². The van der Waals surface area contributed by atoms with E-state index in [0.717, 1.165) is 27.9 Å². The number of rotatable bonds is 3. The molecule has 0 aromatic heterocycles. The zero-order chi connectivity index (χ0) is 17.4. The first-order valence-corrected chi connectivity index (χ1v) is 8.14. The minimum absolute atomic E-state index is 0.159. The van der Waals surface area contributed by atoms with Crippen LogP contribution in [0.2, 0.25) is 0 Å². The molecule has 24 heavy (non-hydrogen) atoms. The Balaban J connectivity index is 1.89. The number of carbonyl (C=O) groups excluding carboxylic acids is 2. The Labute approximate surface area is 142 Å². The molecule has 1 N–H and O–H groups in total. The highest BCUT2D eigenvalue weighted by molar-refractivity contribution is 6.23. The predicted octanol–water partition coefficient (Wildman–Crippen LogP) is 3.66. The van der Waals surface area contributed by atoms with Crippen LogP contribution in [-0.2, 0) is 9.59 Å². The number of nitrogens with zero attached hydrogens (tertiary/aromatic N) is 1. The number of anilines is 2. The second kappa shape index (κ2) is 6.11. The van der Waals surface area contributed by atoms with Crippen molar-refractivity contribution in [2.24, 2.45) is 0 Å². The highest BCUT2D eigenvalue weighted by Crippen LogP contribution is 2.28. The largest absolute Gasteiger partial charge is 0.373 e. The third-order valence-electron chi connectivity index (χ3n) is 4.41. The lowest BCUT2D eigenvalue weighted by molar-refractivity contribution is -0.121. The topological polar surface area (TPSA) is 49.4 Å². The predicted molar refractivity (Wildman–Crippen MR) is 96.4 cm³/mol. The number of hydrogen-bond donors (Lipinski definition) is 1. The van der Waals surface area contributed by atoms with E-state index in [9.17, 15) is 9.59 Å². The molecule has 4 heteroatoms. The molecular formula is C20H22N2O2. The normalized spacial score (nSPS) is 17.5. The molecule has 124 valence electrons. The number of aryl methyl sites for hydroxylation is 4. The summed E-state index contributed by atoms with van der Waals surface area (Å²) in [7, 11) is 0. The van der Waals surface area contributed by atoms with Crippen LogP contribution in [0.5, 0.6) is 0 Å². The molecule has 2 amide bonds. The molecular weight excluding hydrogens is 300 g/mol. The minimum Gasteiger partial charge on any atom is -0.373 e. The van der Waals surface area contributed by atoms with Crippen LogP contribution in [0.3, 0.4) is 0 Å². The standard InChI is InChI=1S/C20H22N2O2/c1-12-8-13(2)10-16(9-12)22-18(23)11-17(20(22)24)21-19-14(3)6-5-7-15(19)4/h5-10,17,21H,11H2,1-4H3.